The standard InChI is InChI=1S/C17H22N4O4S2/c1-3-21(4-2)27(24,25)16-10-11-17(18-14-16)19-20-26(22,23)13-12-15-8-6-5-7-9-15/h5-14,20H,3-4H2,1-2H3,(H,18,19)/b13-12+. The second kappa shape index (κ2) is 9.09. The molecule has 2 rings (SSSR count). The largest absolute Gasteiger partial charge is 0.292 e. The fraction of sp³-hybridized carbons (Fsp3) is 0.235. The molecule has 0 unspecified atom stereocenters. The number of anilines is 1. The van der Waals surface area contributed by atoms with Crippen LogP contribution in [0.1, 0.15) is 19.4 Å². The van der Waals surface area contributed by atoms with Gasteiger partial charge in [0.2, 0.25) is 10.0 Å². The minimum absolute atomic E-state index is 0.0450. The highest BCUT2D eigenvalue weighted by molar-refractivity contribution is 7.92. The van der Waals surface area contributed by atoms with Crippen molar-refractivity contribution in [1.29, 1.82) is 0 Å². The lowest BCUT2D eigenvalue weighted by Crippen LogP contribution is -2.31. The molecule has 0 aliphatic heterocycles. The highest BCUT2D eigenvalue weighted by atomic mass is 32.2. The lowest BCUT2D eigenvalue weighted by molar-refractivity contribution is 0.445. The maximum atomic E-state index is 12.4. The van der Waals surface area contributed by atoms with Crippen LogP contribution < -0.4 is 10.3 Å². The lowest BCUT2D eigenvalue weighted by atomic mass is 10.2. The average Bonchev–Trinajstić information content (AvgIpc) is 2.67. The Morgan fingerprint density at radius 1 is 1.00 bits per heavy atom. The number of pyridine rings is 1. The number of aromatic nitrogens is 1. The van der Waals surface area contributed by atoms with Crippen LogP contribution in [0.15, 0.2) is 59.0 Å². The van der Waals surface area contributed by atoms with Gasteiger partial charge in [-0.15, -0.1) is 4.83 Å². The van der Waals surface area contributed by atoms with Crippen LogP contribution >= 0.6 is 0 Å². The first kappa shape index (κ1) is 21.0. The van der Waals surface area contributed by atoms with Gasteiger partial charge >= 0.3 is 0 Å². The molecule has 1 aromatic carbocycles. The maximum Gasteiger partial charge on any atom is 0.250 e. The molecule has 0 atom stereocenters. The molecule has 0 amide bonds. The minimum Gasteiger partial charge on any atom is -0.292 e. The van der Waals surface area contributed by atoms with E-state index >= 15 is 0 Å². The predicted molar refractivity (Wildman–Crippen MR) is 105 cm³/mol. The van der Waals surface area contributed by atoms with E-state index in [0.717, 1.165) is 11.0 Å². The third-order valence-electron chi connectivity index (χ3n) is 3.64. The molecule has 0 spiro atoms. The zero-order chi connectivity index (χ0) is 19.9. The van der Waals surface area contributed by atoms with Crippen molar-refractivity contribution in [2.75, 3.05) is 18.5 Å². The summed E-state index contributed by atoms with van der Waals surface area (Å²) < 4.78 is 50.0. The molecule has 10 heteroatoms. The Labute approximate surface area is 160 Å². The number of rotatable bonds is 9. The molecular weight excluding hydrogens is 388 g/mol. The molecule has 0 saturated heterocycles. The molecule has 0 radical (unpaired) electrons. The maximum absolute atomic E-state index is 12.4. The van der Waals surface area contributed by atoms with Gasteiger partial charge in [0.15, 0.2) is 0 Å². The Bertz CT molecular complexity index is 969. The van der Waals surface area contributed by atoms with Crippen molar-refractivity contribution in [2.24, 2.45) is 0 Å². The van der Waals surface area contributed by atoms with Crippen LogP contribution in [0.5, 0.6) is 0 Å². The summed E-state index contributed by atoms with van der Waals surface area (Å²) in [6, 6.07) is 11.7. The molecule has 0 aliphatic carbocycles. The van der Waals surface area contributed by atoms with Gasteiger partial charge in [0.25, 0.3) is 10.0 Å². The van der Waals surface area contributed by atoms with Gasteiger partial charge in [-0.2, -0.15) is 4.31 Å². The molecule has 146 valence electrons. The summed E-state index contributed by atoms with van der Waals surface area (Å²) in [7, 11) is -7.35. The summed E-state index contributed by atoms with van der Waals surface area (Å²) in [5, 5.41) is 1.02. The van der Waals surface area contributed by atoms with Crippen LogP contribution in [0.25, 0.3) is 6.08 Å². The van der Waals surface area contributed by atoms with E-state index in [1.807, 2.05) is 6.07 Å². The van der Waals surface area contributed by atoms with Crippen molar-refractivity contribution >= 4 is 31.9 Å². The number of sulfonamides is 2. The van der Waals surface area contributed by atoms with Crippen LogP contribution in [-0.4, -0.2) is 39.2 Å². The predicted octanol–water partition coefficient (Wildman–Crippen LogP) is 2.03. The SMILES string of the molecule is CCN(CC)S(=O)(=O)c1ccc(NNS(=O)(=O)/C=C/c2ccccc2)nc1. The molecule has 0 saturated carbocycles. The Morgan fingerprint density at radius 3 is 2.22 bits per heavy atom. The fourth-order valence-electron chi connectivity index (χ4n) is 2.21. The smallest absolute Gasteiger partial charge is 0.250 e. The van der Waals surface area contributed by atoms with Crippen molar-refractivity contribution in [1.82, 2.24) is 14.1 Å². The van der Waals surface area contributed by atoms with E-state index in [9.17, 15) is 16.8 Å². The molecular formula is C17H22N4O4S2. The Balaban J connectivity index is 2.03. The van der Waals surface area contributed by atoms with Crippen molar-refractivity contribution < 1.29 is 16.8 Å². The first-order valence-electron chi connectivity index (χ1n) is 8.25. The normalized spacial score (nSPS) is 12.6. The minimum atomic E-state index is -3.75. The molecule has 0 bridgehead atoms. The second-order valence-electron chi connectivity index (χ2n) is 5.45. The van der Waals surface area contributed by atoms with E-state index in [2.05, 4.69) is 15.2 Å². The van der Waals surface area contributed by atoms with Gasteiger partial charge < -0.3 is 0 Å². The number of nitrogens with one attached hydrogen (secondary N) is 2. The number of hydrazine groups is 1. The van der Waals surface area contributed by atoms with Gasteiger partial charge in [-0.25, -0.2) is 21.8 Å². The molecule has 27 heavy (non-hydrogen) atoms. The van der Waals surface area contributed by atoms with E-state index in [4.69, 9.17) is 0 Å². The zero-order valence-electron chi connectivity index (χ0n) is 15.0. The summed E-state index contributed by atoms with van der Waals surface area (Å²) in [6.45, 7) is 4.21. The number of hydrogen-bond acceptors (Lipinski definition) is 6. The van der Waals surface area contributed by atoms with Crippen LogP contribution in [-0.2, 0) is 20.0 Å². The molecule has 0 aliphatic rings. The van der Waals surface area contributed by atoms with Crippen LogP contribution in [0.3, 0.4) is 0 Å². The fourth-order valence-corrected chi connectivity index (χ4v) is 4.26. The van der Waals surface area contributed by atoms with Crippen molar-refractivity contribution in [2.45, 2.75) is 18.7 Å². The van der Waals surface area contributed by atoms with Gasteiger partial charge in [0.05, 0.1) is 0 Å². The quantitative estimate of drug-likeness (QED) is 0.613. The van der Waals surface area contributed by atoms with E-state index in [0.29, 0.717) is 13.1 Å². The molecule has 1 heterocycles. The number of nitrogens with zero attached hydrogens (tertiary/aromatic N) is 2. The van der Waals surface area contributed by atoms with E-state index in [1.165, 1.54) is 28.7 Å². The van der Waals surface area contributed by atoms with Crippen molar-refractivity contribution in [3.8, 4) is 0 Å². The Morgan fingerprint density at radius 2 is 1.67 bits per heavy atom. The average molecular weight is 411 g/mol. The van der Waals surface area contributed by atoms with Gasteiger partial charge in [-0.3, -0.25) is 5.43 Å². The number of benzene rings is 1. The van der Waals surface area contributed by atoms with E-state index in [1.54, 1.807) is 38.1 Å². The molecule has 2 N–H and O–H groups in total. The van der Waals surface area contributed by atoms with Gasteiger partial charge in [-0.05, 0) is 23.8 Å². The summed E-state index contributed by atoms with van der Waals surface area (Å²) in [4.78, 5) is 6.16. The number of hydrogen-bond donors (Lipinski definition) is 2. The summed E-state index contributed by atoms with van der Waals surface area (Å²) in [5.74, 6) is 0.171. The zero-order valence-corrected chi connectivity index (χ0v) is 16.7. The Kier molecular flexibility index (Phi) is 7.08. The first-order chi connectivity index (χ1) is 12.8. The van der Waals surface area contributed by atoms with Gasteiger partial charge in [0, 0.05) is 24.7 Å². The molecule has 1 aromatic heterocycles. The van der Waals surface area contributed by atoms with Crippen LogP contribution in [0.4, 0.5) is 5.82 Å². The Hall–Kier alpha value is -2.27. The van der Waals surface area contributed by atoms with E-state index < -0.39 is 20.0 Å². The second-order valence-corrected chi connectivity index (χ2v) is 8.96. The van der Waals surface area contributed by atoms with Crippen LogP contribution in [0, 0.1) is 0 Å². The first-order valence-corrected chi connectivity index (χ1v) is 11.2. The summed E-state index contributed by atoms with van der Waals surface area (Å²) in [5.41, 5.74) is 3.19. The van der Waals surface area contributed by atoms with Crippen molar-refractivity contribution in [3.63, 3.8) is 0 Å². The van der Waals surface area contributed by atoms with E-state index in [-0.39, 0.29) is 10.7 Å². The topological polar surface area (TPSA) is 108 Å². The highest BCUT2D eigenvalue weighted by Crippen LogP contribution is 2.15. The molecule has 2 aromatic rings. The molecule has 0 fully saturated rings. The monoisotopic (exact) mass is 410 g/mol. The highest BCUT2D eigenvalue weighted by Gasteiger charge is 2.21. The third kappa shape index (κ3) is 5.86. The lowest BCUT2D eigenvalue weighted by Gasteiger charge is -2.18. The van der Waals surface area contributed by atoms with Crippen molar-refractivity contribution in [3.05, 3.63) is 59.6 Å². The van der Waals surface area contributed by atoms with Gasteiger partial charge in [-0.1, -0.05) is 44.2 Å². The molecule has 8 nitrogen and oxygen atoms in total. The van der Waals surface area contributed by atoms with Gasteiger partial charge in [0.1, 0.15) is 10.7 Å². The summed E-state index contributed by atoms with van der Waals surface area (Å²) in [6.07, 6.45) is 2.64. The van der Waals surface area contributed by atoms with Crippen LogP contribution in [0.2, 0.25) is 0 Å². The summed E-state index contributed by atoms with van der Waals surface area (Å²) >= 11 is 0. The third-order valence-corrected chi connectivity index (χ3v) is 6.55.